The lowest BCUT2D eigenvalue weighted by atomic mass is 9.49. The first-order valence-corrected chi connectivity index (χ1v) is 12.5. The van der Waals surface area contributed by atoms with Gasteiger partial charge in [-0.15, -0.1) is 0 Å². The lowest BCUT2D eigenvalue weighted by Gasteiger charge is -2.42. The fraction of sp³-hybridized carbons (Fsp3) is 0.318. The van der Waals surface area contributed by atoms with Gasteiger partial charge in [0.1, 0.15) is 50.7 Å². The highest BCUT2D eigenvalue weighted by Gasteiger charge is 2.40. The third-order valence-electron chi connectivity index (χ3n) is 6.86. The summed E-state index contributed by atoms with van der Waals surface area (Å²) in [7, 11) is 13.9. The van der Waals surface area contributed by atoms with Crippen LogP contribution in [-0.4, -0.2) is 83.3 Å². The number of amides is 2. The van der Waals surface area contributed by atoms with Gasteiger partial charge in [0.2, 0.25) is 5.91 Å². The number of pyridine rings is 1. The lowest BCUT2D eigenvalue weighted by Crippen LogP contribution is -2.50. The van der Waals surface area contributed by atoms with Crippen molar-refractivity contribution in [2.75, 3.05) is 22.6 Å². The van der Waals surface area contributed by atoms with Crippen LogP contribution in [0.15, 0.2) is 30.5 Å². The van der Waals surface area contributed by atoms with Crippen LogP contribution in [0.4, 0.5) is 22.9 Å². The standard InChI is InChI=1S/C22H29B5N8O2/c1-34-17-11(16-18(21(34,23)24)33-35(2)32-16)4-3-5-13(17)29-14-8-15(30-19(36)10-6-7-10)28-9-12(14)20(37)31-22(25,26)27/h3-5,8-10H,6-7,23-27H2,1-2H3,(H,31,37)(H2,28,29,30,36). The van der Waals surface area contributed by atoms with Crippen molar-refractivity contribution in [2.24, 2.45) is 13.0 Å². The SMILES string of the molecule is BC(B)(B)NC(=O)c1cnc(NC(=O)C2CC2)cc1Nc1cccc2c1N(C)C(B)(B)c1nn(C)nc1-2. The van der Waals surface area contributed by atoms with Gasteiger partial charge in [-0.25, -0.2) is 4.98 Å². The Bertz CT molecular complexity index is 1420. The van der Waals surface area contributed by atoms with Crippen molar-refractivity contribution in [3.05, 3.63) is 41.7 Å². The maximum atomic E-state index is 13.2. The fourth-order valence-corrected chi connectivity index (χ4v) is 4.57. The van der Waals surface area contributed by atoms with E-state index in [4.69, 9.17) is 0 Å². The fourth-order valence-electron chi connectivity index (χ4n) is 4.57. The molecule has 10 nitrogen and oxygen atoms in total. The Morgan fingerprint density at radius 1 is 1.11 bits per heavy atom. The molecule has 0 radical (unpaired) electrons. The number of nitrogens with one attached hydrogen (secondary N) is 3. The lowest BCUT2D eigenvalue weighted by molar-refractivity contribution is -0.117. The van der Waals surface area contributed by atoms with E-state index < -0.39 is 10.6 Å². The normalized spacial score (nSPS) is 15.9. The molecule has 0 spiro atoms. The summed E-state index contributed by atoms with van der Waals surface area (Å²) < 4.78 is 0. The van der Waals surface area contributed by atoms with Crippen LogP contribution in [-0.2, 0) is 17.2 Å². The summed E-state index contributed by atoms with van der Waals surface area (Å²) in [6.07, 6.45) is 3.30. The Kier molecular flexibility index (Phi) is 5.92. The van der Waals surface area contributed by atoms with E-state index in [1.807, 2.05) is 55.8 Å². The van der Waals surface area contributed by atoms with Gasteiger partial charge in [-0.3, -0.25) is 9.59 Å². The highest BCUT2D eigenvalue weighted by Crippen LogP contribution is 2.47. The van der Waals surface area contributed by atoms with Crippen LogP contribution in [0.5, 0.6) is 0 Å². The quantitative estimate of drug-likeness (QED) is 0.316. The molecule has 0 saturated heterocycles. The number of fused-ring (bicyclic) bond motifs is 3. The van der Waals surface area contributed by atoms with Crippen molar-refractivity contribution in [3.63, 3.8) is 0 Å². The summed E-state index contributed by atoms with van der Waals surface area (Å²) in [5.74, 6) is 0.151. The highest BCUT2D eigenvalue weighted by molar-refractivity contribution is 6.60. The number of anilines is 4. The van der Waals surface area contributed by atoms with Crippen LogP contribution in [0.25, 0.3) is 11.3 Å². The van der Waals surface area contributed by atoms with E-state index in [9.17, 15) is 9.59 Å². The average Bonchev–Trinajstić information content (AvgIpc) is 3.58. The first kappa shape index (κ1) is 25.0. The number of carbonyl (C=O) groups is 2. The van der Waals surface area contributed by atoms with Gasteiger partial charge in [-0.2, -0.15) is 15.0 Å². The zero-order valence-corrected chi connectivity index (χ0v) is 22.4. The Hall–Kier alpha value is -3.63. The number of aromatic nitrogens is 4. The van der Waals surface area contributed by atoms with Crippen LogP contribution in [0, 0.1) is 5.92 Å². The molecular weight excluding hydrogens is 462 g/mol. The van der Waals surface area contributed by atoms with Gasteiger partial charge in [-0.1, -0.05) is 12.1 Å². The van der Waals surface area contributed by atoms with Crippen molar-refractivity contribution < 1.29 is 9.59 Å². The van der Waals surface area contributed by atoms with E-state index >= 15 is 0 Å². The van der Waals surface area contributed by atoms with Crippen LogP contribution in [0.3, 0.4) is 0 Å². The van der Waals surface area contributed by atoms with E-state index in [0.717, 1.165) is 41.2 Å². The number of nitrogens with zero attached hydrogens (tertiary/aromatic N) is 5. The summed E-state index contributed by atoms with van der Waals surface area (Å²) in [5.41, 5.74) is 5.38. The smallest absolute Gasteiger partial charge is 0.253 e. The number of aryl methyl sites for hydroxylation is 1. The van der Waals surface area contributed by atoms with Gasteiger partial charge < -0.3 is 20.9 Å². The Morgan fingerprint density at radius 2 is 1.84 bits per heavy atom. The minimum absolute atomic E-state index is 0.0419. The Labute approximate surface area is 220 Å². The molecule has 1 saturated carbocycles. The molecule has 0 atom stereocenters. The minimum Gasteiger partial charge on any atom is -0.377 e. The molecular formula is C22H29B5N8O2. The first-order chi connectivity index (χ1) is 17.3. The summed E-state index contributed by atoms with van der Waals surface area (Å²) in [6, 6.07) is 7.68. The van der Waals surface area contributed by atoms with Crippen LogP contribution in [0.2, 0.25) is 0 Å². The van der Waals surface area contributed by atoms with Gasteiger partial charge in [0, 0.05) is 43.2 Å². The first-order valence-electron chi connectivity index (χ1n) is 12.5. The van der Waals surface area contributed by atoms with Gasteiger partial charge >= 0.3 is 0 Å². The van der Waals surface area contributed by atoms with Gasteiger partial charge in [0.25, 0.3) is 5.91 Å². The van der Waals surface area contributed by atoms with E-state index in [1.54, 1.807) is 10.9 Å². The van der Waals surface area contributed by atoms with E-state index in [0.29, 0.717) is 17.1 Å². The van der Waals surface area contributed by atoms with Crippen LogP contribution < -0.4 is 20.9 Å². The second-order valence-corrected chi connectivity index (χ2v) is 11.4. The van der Waals surface area contributed by atoms with E-state index in [1.165, 1.54) is 6.20 Å². The number of carbonyl (C=O) groups excluding carboxylic acids is 2. The van der Waals surface area contributed by atoms with Crippen LogP contribution in [0.1, 0.15) is 28.9 Å². The third-order valence-corrected chi connectivity index (χ3v) is 6.86. The topological polar surface area (TPSA) is 117 Å². The molecule has 2 aromatic heterocycles. The number of para-hydroxylation sites is 1. The zero-order chi connectivity index (χ0) is 26.7. The maximum Gasteiger partial charge on any atom is 0.253 e. The molecule has 3 N–H and O–H groups in total. The van der Waals surface area contributed by atoms with Gasteiger partial charge in [0.05, 0.1) is 28.3 Å². The molecule has 2 amide bonds. The van der Waals surface area contributed by atoms with E-state index in [-0.39, 0.29) is 17.7 Å². The van der Waals surface area contributed by atoms with E-state index in [2.05, 4.69) is 51.7 Å². The highest BCUT2D eigenvalue weighted by atomic mass is 16.2. The number of rotatable bonds is 6. The molecule has 37 heavy (non-hydrogen) atoms. The molecule has 5 rings (SSSR count). The Morgan fingerprint density at radius 3 is 2.51 bits per heavy atom. The molecule has 3 heterocycles. The largest absolute Gasteiger partial charge is 0.377 e. The molecule has 1 fully saturated rings. The second-order valence-electron chi connectivity index (χ2n) is 11.4. The molecule has 2 aliphatic rings. The molecule has 0 unspecified atom stereocenters. The summed E-state index contributed by atoms with van der Waals surface area (Å²) in [5, 5.41) is 17.8. The molecule has 184 valence electrons. The maximum absolute atomic E-state index is 13.2. The predicted molar refractivity (Wildman–Crippen MR) is 158 cm³/mol. The van der Waals surface area contributed by atoms with Crippen molar-refractivity contribution in [1.82, 2.24) is 25.3 Å². The van der Waals surface area contributed by atoms with Crippen molar-refractivity contribution in [3.8, 4) is 11.3 Å². The molecule has 0 bridgehead atoms. The summed E-state index contributed by atoms with van der Waals surface area (Å²) in [6.45, 7) is 0. The molecule has 1 aliphatic heterocycles. The number of hydrogen-bond acceptors (Lipinski definition) is 7. The molecule has 3 aromatic rings. The number of benzene rings is 1. The number of hydrogen-bond donors (Lipinski definition) is 3. The molecule has 1 aromatic carbocycles. The average molecular weight is 492 g/mol. The van der Waals surface area contributed by atoms with Crippen molar-refractivity contribution in [1.29, 1.82) is 0 Å². The zero-order valence-electron chi connectivity index (χ0n) is 22.4. The Balaban J connectivity index is 1.59. The molecule has 15 heteroatoms. The molecule has 1 aliphatic carbocycles. The summed E-state index contributed by atoms with van der Waals surface area (Å²) >= 11 is 0. The summed E-state index contributed by atoms with van der Waals surface area (Å²) in [4.78, 5) is 33.8. The monoisotopic (exact) mass is 492 g/mol. The van der Waals surface area contributed by atoms with Crippen LogP contribution >= 0.6 is 0 Å². The van der Waals surface area contributed by atoms with Gasteiger partial charge in [0.15, 0.2) is 0 Å². The van der Waals surface area contributed by atoms with Crippen molar-refractivity contribution >= 4 is 73.9 Å². The minimum atomic E-state index is -0.425. The predicted octanol–water partition coefficient (Wildman–Crippen LogP) is -2.96. The third kappa shape index (κ3) is 4.74. The van der Waals surface area contributed by atoms with Crippen molar-refractivity contribution in [2.45, 2.75) is 23.4 Å². The van der Waals surface area contributed by atoms with Gasteiger partial charge in [-0.05, 0) is 24.1 Å². The second kappa shape index (κ2) is 8.74.